The highest BCUT2D eigenvalue weighted by atomic mass is 35.5. The number of aromatic nitrogens is 5. The van der Waals surface area contributed by atoms with Gasteiger partial charge in [0.1, 0.15) is 5.82 Å². The van der Waals surface area contributed by atoms with Crippen molar-refractivity contribution in [3.63, 3.8) is 0 Å². The third-order valence-electron chi connectivity index (χ3n) is 5.42. The molecule has 0 bridgehead atoms. The Balaban J connectivity index is 1.47. The lowest BCUT2D eigenvalue weighted by Crippen LogP contribution is -2.19. The molecule has 0 spiro atoms. The topological polar surface area (TPSA) is 83.5 Å². The molecule has 0 amide bonds. The first-order chi connectivity index (χ1) is 16.1. The van der Waals surface area contributed by atoms with Gasteiger partial charge in [0.05, 0.1) is 34.8 Å². The van der Waals surface area contributed by atoms with Crippen molar-refractivity contribution in [2.45, 2.75) is 6.42 Å². The van der Waals surface area contributed by atoms with E-state index in [0.29, 0.717) is 52.9 Å². The monoisotopic (exact) mass is 463 g/mol. The molecule has 33 heavy (non-hydrogen) atoms. The summed E-state index contributed by atoms with van der Waals surface area (Å²) in [5.74, 6) is 1.57. The first-order valence-corrected chi connectivity index (χ1v) is 10.6. The molecule has 0 saturated heterocycles. The highest BCUT2D eigenvalue weighted by Crippen LogP contribution is 2.33. The van der Waals surface area contributed by atoms with E-state index in [1.165, 1.54) is 33.5 Å². The summed E-state index contributed by atoms with van der Waals surface area (Å²) in [7, 11) is 0. The number of hydrogen-bond donors (Lipinski definition) is 0. The van der Waals surface area contributed by atoms with E-state index in [2.05, 4.69) is 15.1 Å². The average Bonchev–Trinajstić information content (AvgIpc) is 3.13. The quantitative estimate of drug-likeness (QED) is 0.393. The number of nitrogens with zero attached hydrogens (tertiary/aromatic N) is 5. The molecule has 164 valence electrons. The van der Waals surface area contributed by atoms with Crippen LogP contribution < -0.4 is 15.0 Å². The maximum atomic E-state index is 13.5. The minimum atomic E-state index is -0.553. The third kappa shape index (κ3) is 3.28. The van der Waals surface area contributed by atoms with E-state index in [4.69, 9.17) is 21.1 Å². The van der Waals surface area contributed by atoms with Crippen molar-refractivity contribution < 1.29 is 13.9 Å². The number of ether oxygens (including phenoxy) is 2. The van der Waals surface area contributed by atoms with Gasteiger partial charge in [-0.2, -0.15) is 9.50 Å². The molecule has 1 aliphatic heterocycles. The SMILES string of the molecule is O=c1c2cnc3nc(-c4ccc5c(c4)OCCCO5)nn3c2ccn1-c1ccc(F)c(Cl)c1. The smallest absolute Gasteiger partial charge is 0.266 e. The first-order valence-electron chi connectivity index (χ1n) is 10.2. The van der Waals surface area contributed by atoms with Gasteiger partial charge in [0, 0.05) is 24.4 Å². The van der Waals surface area contributed by atoms with Gasteiger partial charge in [-0.05, 0) is 42.5 Å². The highest BCUT2D eigenvalue weighted by molar-refractivity contribution is 6.30. The van der Waals surface area contributed by atoms with Crippen molar-refractivity contribution in [1.29, 1.82) is 0 Å². The fourth-order valence-corrected chi connectivity index (χ4v) is 3.96. The highest BCUT2D eigenvalue weighted by Gasteiger charge is 2.16. The van der Waals surface area contributed by atoms with Crippen LogP contribution in [0.3, 0.4) is 0 Å². The molecule has 8 nitrogen and oxygen atoms in total. The molecule has 6 rings (SSSR count). The molecule has 0 atom stereocenters. The fourth-order valence-electron chi connectivity index (χ4n) is 3.78. The molecule has 0 radical (unpaired) electrons. The van der Waals surface area contributed by atoms with Crippen LogP contribution in [-0.4, -0.2) is 37.4 Å². The summed E-state index contributed by atoms with van der Waals surface area (Å²) in [4.78, 5) is 22.0. The van der Waals surface area contributed by atoms with Gasteiger partial charge in [-0.1, -0.05) is 11.6 Å². The van der Waals surface area contributed by atoms with Crippen LogP contribution in [0.5, 0.6) is 11.5 Å². The molecule has 1 aliphatic rings. The molecule has 10 heteroatoms. The fraction of sp³-hybridized carbons (Fsp3) is 0.130. The molecule has 0 saturated carbocycles. The Hall–Kier alpha value is -3.98. The van der Waals surface area contributed by atoms with Crippen molar-refractivity contribution in [1.82, 2.24) is 24.1 Å². The van der Waals surface area contributed by atoms with E-state index in [1.54, 1.807) is 12.3 Å². The zero-order valence-corrected chi connectivity index (χ0v) is 17.8. The standard InChI is InChI=1S/C23H15ClFN5O3/c24-16-11-14(3-4-17(16)25)29-7-6-18-15(22(29)31)12-26-23-27-21(28-30(18)23)13-2-5-19-20(10-13)33-9-1-8-32-19/h2-7,10-12H,1,8-9H2. The van der Waals surface area contributed by atoms with Crippen molar-refractivity contribution in [3.05, 3.63) is 76.1 Å². The Bertz CT molecular complexity index is 1610. The number of benzene rings is 2. The van der Waals surface area contributed by atoms with Crippen molar-refractivity contribution in [2.24, 2.45) is 0 Å². The Morgan fingerprint density at radius 3 is 2.73 bits per heavy atom. The summed E-state index contributed by atoms with van der Waals surface area (Å²) < 4.78 is 27.9. The predicted molar refractivity (Wildman–Crippen MR) is 120 cm³/mol. The molecule has 3 aromatic heterocycles. The van der Waals surface area contributed by atoms with E-state index >= 15 is 0 Å². The minimum absolute atomic E-state index is 0.0656. The predicted octanol–water partition coefficient (Wildman–Crippen LogP) is 4.05. The van der Waals surface area contributed by atoms with Crippen LogP contribution in [0.15, 0.2) is 59.7 Å². The Kier molecular flexibility index (Phi) is 4.51. The zero-order chi connectivity index (χ0) is 22.5. The second-order valence-corrected chi connectivity index (χ2v) is 7.91. The van der Waals surface area contributed by atoms with Gasteiger partial charge in [-0.15, -0.1) is 5.10 Å². The average molecular weight is 464 g/mol. The van der Waals surface area contributed by atoms with Gasteiger partial charge in [0.15, 0.2) is 17.3 Å². The van der Waals surface area contributed by atoms with Crippen LogP contribution in [0.2, 0.25) is 5.02 Å². The van der Waals surface area contributed by atoms with Crippen LogP contribution >= 0.6 is 11.6 Å². The number of pyridine rings is 1. The summed E-state index contributed by atoms with van der Waals surface area (Å²) in [6.07, 6.45) is 3.86. The molecule has 2 aromatic carbocycles. The van der Waals surface area contributed by atoms with Crippen LogP contribution in [0, 0.1) is 5.82 Å². The van der Waals surface area contributed by atoms with E-state index in [0.717, 1.165) is 12.0 Å². The lowest BCUT2D eigenvalue weighted by molar-refractivity contribution is 0.297. The lowest BCUT2D eigenvalue weighted by Gasteiger charge is -2.08. The van der Waals surface area contributed by atoms with Crippen molar-refractivity contribution in [2.75, 3.05) is 13.2 Å². The molecule has 4 heterocycles. The minimum Gasteiger partial charge on any atom is -0.490 e. The second-order valence-electron chi connectivity index (χ2n) is 7.51. The Morgan fingerprint density at radius 1 is 1.03 bits per heavy atom. The summed E-state index contributed by atoms with van der Waals surface area (Å²) in [5.41, 5.74) is 1.40. The van der Waals surface area contributed by atoms with Gasteiger partial charge in [0.2, 0.25) is 0 Å². The number of halogens is 2. The van der Waals surface area contributed by atoms with Crippen molar-refractivity contribution in [3.8, 4) is 28.6 Å². The van der Waals surface area contributed by atoms with Gasteiger partial charge in [-0.25, -0.2) is 9.37 Å². The van der Waals surface area contributed by atoms with E-state index in [9.17, 15) is 9.18 Å². The number of hydrogen-bond acceptors (Lipinski definition) is 6. The largest absolute Gasteiger partial charge is 0.490 e. The first kappa shape index (κ1) is 19.7. The molecule has 0 N–H and O–H groups in total. The number of fused-ring (bicyclic) bond motifs is 4. The molecule has 0 unspecified atom stereocenters. The zero-order valence-electron chi connectivity index (χ0n) is 17.0. The van der Waals surface area contributed by atoms with Gasteiger partial charge < -0.3 is 9.47 Å². The van der Waals surface area contributed by atoms with Gasteiger partial charge >= 0.3 is 0 Å². The van der Waals surface area contributed by atoms with Crippen LogP contribution in [-0.2, 0) is 0 Å². The van der Waals surface area contributed by atoms with Crippen LogP contribution in [0.1, 0.15) is 6.42 Å². The molecule has 0 fully saturated rings. The lowest BCUT2D eigenvalue weighted by atomic mass is 10.2. The Morgan fingerprint density at radius 2 is 1.88 bits per heavy atom. The normalized spacial score (nSPS) is 13.4. The molecule has 5 aromatic rings. The van der Waals surface area contributed by atoms with E-state index in [1.807, 2.05) is 18.2 Å². The summed E-state index contributed by atoms with van der Waals surface area (Å²) in [5, 5.41) is 4.85. The number of rotatable bonds is 2. The Labute approximate surface area is 190 Å². The molecular formula is C23H15ClFN5O3. The summed E-state index contributed by atoms with van der Waals surface area (Å²) >= 11 is 5.88. The summed E-state index contributed by atoms with van der Waals surface area (Å²) in [6, 6.07) is 11.4. The van der Waals surface area contributed by atoms with E-state index < -0.39 is 5.82 Å². The van der Waals surface area contributed by atoms with E-state index in [-0.39, 0.29) is 10.6 Å². The molecular weight excluding hydrogens is 449 g/mol. The van der Waals surface area contributed by atoms with Crippen molar-refractivity contribution >= 4 is 28.3 Å². The summed E-state index contributed by atoms with van der Waals surface area (Å²) in [6.45, 7) is 1.18. The third-order valence-corrected chi connectivity index (χ3v) is 5.71. The molecule has 0 aliphatic carbocycles. The maximum Gasteiger partial charge on any atom is 0.266 e. The van der Waals surface area contributed by atoms with Crippen LogP contribution in [0.25, 0.3) is 33.8 Å². The maximum absolute atomic E-state index is 13.5. The van der Waals surface area contributed by atoms with Gasteiger partial charge in [0.25, 0.3) is 11.3 Å². The second kappa shape index (κ2) is 7.56. The van der Waals surface area contributed by atoms with Crippen LogP contribution in [0.4, 0.5) is 4.39 Å². The van der Waals surface area contributed by atoms with Gasteiger partial charge in [-0.3, -0.25) is 9.36 Å².